The molecule has 5 heteroatoms. The summed E-state index contributed by atoms with van der Waals surface area (Å²) < 4.78 is 9.50. The molecule has 0 unspecified atom stereocenters. The van der Waals surface area contributed by atoms with Crippen molar-refractivity contribution in [3.63, 3.8) is 0 Å². The van der Waals surface area contributed by atoms with E-state index < -0.39 is 12.1 Å². The maximum Gasteiger partial charge on any atom is 0.407 e. The summed E-state index contributed by atoms with van der Waals surface area (Å²) in [6.07, 6.45) is 3.65. The first-order chi connectivity index (χ1) is 7.70. The summed E-state index contributed by atoms with van der Waals surface area (Å²) in [4.78, 5) is 21.9. The highest BCUT2D eigenvalue weighted by Gasteiger charge is 2.05. The molecule has 0 spiro atoms. The lowest BCUT2D eigenvalue weighted by atomic mass is 10.2. The van der Waals surface area contributed by atoms with Gasteiger partial charge in [0.25, 0.3) is 0 Å². The van der Waals surface area contributed by atoms with Gasteiger partial charge in [0.15, 0.2) is 0 Å². The van der Waals surface area contributed by atoms with E-state index in [0.29, 0.717) is 6.61 Å². The molecule has 0 aromatic heterocycles. The van der Waals surface area contributed by atoms with Crippen LogP contribution in [0.15, 0.2) is 0 Å². The zero-order chi connectivity index (χ0) is 12.2. The van der Waals surface area contributed by atoms with Crippen LogP contribution in [0.5, 0.6) is 0 Å². The monoisotopic (exact) mass is 231 g/mol. The SMILES string of the molecule is CCCCCCOC(=O)CNC(=O)OCC. The molecule has 0 heterocycles. The van der Waals surface area contributed by atoms with Crippen molar-refractivity contribution in [2.24, 2.45) is 0 Å². The number of alkyl carbamates (subject to hydrolysis) is 1. The molecule has 5 nitrogen and oxygen atoms in total. The highest BCUT2D eigenvalue weighted by Crippen LogP contribution is 1.98. The fourth-order valence-electron chi connectivity index (χ4n) is 1.09. The molecule has 0 aromatic carbocycles. The number of rotatable bonds is 8. The zero-order valence-electron chi connectivity index (χ0n) is 10.1. The van der Waals surface area contributed by atoms with Gasteiger partial charge in [0.1, 0.15) is 6.54 Å². The third-order valence-electron chi connectivity index (χ3n) is 1.91. The van der Waals surface area contributed by atoms with E-state index in [0.717, 1.165) is 25.7 Å². The van der Waals surface area contributed by atoms with Crippen LogP contribution in [-0.2, 0) is 14.3 Å². The first-order valence-electron chi connectivity index (χ1n) is 5.77. The summed E-state index contributed by atoms with van der Waals surface area (Å²) in [6, 6.07) is 0. The molecule has 0 bridgehead atoms. The average Bonchev–Trinajstić information content (AvgIpc) is 2.26. The van der Waals surface area contributed by atoms with Gasteiger partial charge in [-0.25, -0.2) is 4.79 Å². The van der Waals surface area contributed by atoms with Crippen molar-refractivity contribution in [2.75, 3.05) is 19.8 Å². The molecule has 1 amide bonds. The van der Waals surface area contributed by atoms with Gasteiger partial charge in [0, 0.05) is 0 Å². The van der Waals surface area contributed by atoms with Gasteiger partial charge in [-0.1, -0.05) is 26.2 Å². The molecule has 0 aliphatic heterocycles. The van der Waals surface area contributed by atoms with Gasteiger partial charge in [-0.3, -0.25) is 4.79 Å². The Morgan fingerprint density at radius 3 is 2.44 bits per heavy atom. The van der Waals surface area contributed by atoms with E-state index in [-0.39, 0.29) is 13.2 Å². The van der Waals surface area contributed by atoms with Gasteiger partial charge in [0.2, 0.25) is 0 Å². The van der Waals surface area contributed by atoms with Crippen molar-refractivity contribution in [3.8, 4) is 0 Å². The maximum absolute atomic E-state index is 11.1. The Hall–Kier alpha value is -1.26. The fourth-order valence-corrected chi connectivity index (χ4v) is 1.09. The van der Waals surface area contributed by atoms with E-state index in [1.807, 2.05) is 0 Å². The van der Waals surface area contributed by atoms with Gasteiger partial charge >= 0.3 is 12.1 Å². The summed E-state index contributed by atoms with van der Waals surface area (Å²) in [5.41, 5.74) is 0. The predicted octanol–water partition coefficient (Wildman–Crippen LogP) is 1.86. The Bertz CT molecular complexity index is 206. The number of esters is 1. The average molecular weight is 231 g/mol. The van der Waals surface area contributed by atoms with Crippen molar-refractivity contribution in [1.82, 2.24) is 5.32 Å². The van der Waals surface area contributed by atoms with Gasteiger partial charge in [-0.05, 0) is 13.3 Å². The minimum absolute atomic E-state index is 0.132. The number of hydrogen-bond donors (Lipinski definition) is 1. The van der Waals surface area contributed by atoms with Crippen LogP contribution in [-0.4, -0.2) is 31.8 Å². The molecule has 0 aliphatic carbocycles. The summed E-state index contributed by atoms with van der Waals surface area (Å²) in [5, 5.41) is 2.30. The second-order valence-electron chi connectivity index (χ2n) is 3.36. The number of carbonyl (C=O) groups excluding carboxylic acids is 2. The number of carbonyl (C=O) groups is 2. The molecule has 16 heavy (non-hydrogen) atoms. The molecule has 1 N–H and O–H groups in total. The zero-order valence-corrected chi connectivity index (χ0v) is 10.1. The Balaban J connectivity index is 3.34. The standard InChI is InChI=1S/C11H21NO4/c1-3-5-6-7-8-16-10(13)9-12-11(14)15-4-2/h3-9H2,1-2H3,(H,12,14). The Morgan fingerprint density at radius 2 is 1.81 bits per heavy atom. The van der Waals surface area contributed by atoms with E-state index >= 15 is 0 Å². The number of nitrogens with one attached hydrogen (secondary N) is 1. The van der Waals surface area contributed by atoms with E-state index in [1.165, 1.54) is 0 Å². The van der Waals surface area contributed by atoms with Crippen molar-refractivity contribution in [2.45, 2.75) is 39.5 Å². The largest absolute Gasteiger partial charge is 0.464 e. The molecule has 94 valence electrons. The number of ether oxygens (including phenoxy) is 2. The highest BCUT2D eigenvalue weighted by atomic mass is 16.6. The highest BCUT2D eigenvalue weighted by molar-refractivity contribution is 5.77. The smallest absolute Gasteiger partial charge is 0.407 e. The van der Waals surface area contributed by atoms with E-state index in [9.17, 15) is 9.59 Å². The van der Waals surface area contributed by atoms with Crippen LogP contribution in [0.3, 0.4) is 0 Å². The van der Waals surface area contributed by atoms with Crippen molar-refractivity contribution in [1.29, 1.82) is 0 Å². The second kappa shape index (κ2) is 10.3. The lowest BCUT2D eigenvalue weighted by Gasteiger charge is -2.06. The molecule has 0 radical (unpaired) electrons. The van der Waals surface area contributed by atoms with Gasteiger partial charge < -0.3 is 14.8 Å². The molecule has 0 atom stereocenters. The Labute approximate surface area is 96.5 Å². The van der Waals surface area contributed by atoms with Gasteiger partial charge in [-0.15, -0.1) is 0 Å². The van der Waals surface area contributed by atoms with Crippen LogP contribution in [0.25, 0.3) is 0 Å². The Morgan fingerprint density at radius 1 is 1.06 bits per heavy atom. The first kappa shape index (κ1) is 14.7. The lowest BCUT2D eigenvalue weighted by Crippen LogP contribution is -2.31. The summed E-state index contributed by atoms with van der Waals surface area (Å²) >= 11 is 0. The van der Waals surface area contributed by atoms with Crippen LogP contribution in [0, 0.1) is 0 Å². The summed E-state index contributed by atoms with van der Waals surface area (Å²) in [5.74, 6) is -0.426. The molecule has 0 saturated heterocycles. The molecule has 0 saturated carbocycles. The van der Waals surface area contributed by atoms with Crippen LogP contribution < -0.4 is 5.32 Å². The quantitative estimate of drug-likeness (QED) is 0.511. The fraction of sp³-hybridized carbons (Fsp3) is 0.818. The number of hydrogen-bond acceptors (Lipinski definition) is 4. The van der Waals surface area contributed by atoms with Gasteiger partial charge in [-0.2, -0.15) is 0 Å². The molecule has 0 fully saturated rings. The predicted molar refractivity (Wildman–Crippen MR) is 60.1 cm³/mol. The lowest BCUT2D eigenvalue weighted by molar-refractivity contribution is -0.142. The van der Waals surface area contributed by atoms with Crippen LogP contribution in [0.4, 0.5) is 4.79 Å². The second-order valence-corrected chi connectivity index (χ2v) is 3.36. The van der Waals surface area contributed by atoms with Crippen LogP contribution in [0.2, 0.25) is 0 Å². The molecule has 0 aromatic rings. The third-order valence-corrected chi connectivity index (χ3v) is 1.91. The van der Waals surface area contributed by atoms with Crippen molar-refractivity contribution >= 4 is 12.1 Å². The first-order valence-corrected chi connectivity index (χ1v) is 5.77. The molecular formula is C11H21NO4. The number of amides is 1. The van der Waals surface area contributed by atoms with Crippen LogP contribution in [0.1, 0.15) is 39.5 Å². The summed E-state index contributed by atoms with van der Waals surface area (Å²) in [7, 11) is 0. The number of unbranched alkanes of at least 4 members (excludes halogenated alkanes) is 3. The minimum Gasteiger partial charge on any atom is -0.464 e. The Kier molecular flexibility index (Phi) is 9.46. The van der Waals surface area contributed by atoms with Gasteiger partial charge in [0.05, 0.1) is 13.2 Å². The van der Waals surface area contributed by atoms with Crippen LogP contribution >= 0.6 is 0 Å². The topological polar surface area (TPSA) is 64.6 Å². The maximum atomic E-state index is 11.1. The minimum atomic E-state index is -0.592. The normalized spacial score (nSPS) is 9.62. The molecule has 0 aliphatic rings. The van der Waals surface area contributed by atoms with E-state index in [2.05, 4.69) is 17.0 Å². The van der Waals surface area contributed by atoms with E-state index in [4.69, 9.17) is 4.74 Å². The molecule has 0 rings (SSSR count). The van der Waals surface area contributed by atoms with Crippen molar-refractivity contribution in [3.05, 3.63) is 0 Å². The third kappa shape index (κ3) is 9.30. The van der Waals surface area contributed by atoms with Crippen molar-refractivity contribution < 1.29 is 19.1 Å². The molecular weight excluding hydrogens is 210 g/mol. The summed E-state index contributed by atoms with van der Waals surface area (Å²) in [6.45, 7) is 4.40. The van der Waals surface area contributed by atoms with E-state index in [1.54, 1.807) is 6.92 Å².